The Bertz CT molecular complexity index is 1170. The van der Waals surface area contributed by atoms with Crippen LogP contribution in [0.3, 0.4) is 0 Å². The van der Waals surface area contributed by atoms with Gasteiger partial charge in [0, 0.05) is 5.69 Å². The number of anilines is 1. The molecule has 30 heavy (non-hydrogen) atoms. The average Bonchev–Trinajstić information content (AvgIpc) is 3.40. The first kappa shape index (κ1) is 19.5. The van der Waals surface area contributed by atoms with Crippen LogP contribution in [-0.4, -0.2) is 25.6 Å². The maximum absolute atomic E-state index is 14.8. The highest BCUT2D eigenvalue weighted by atomic mass is 32.2. The fraction of sp³-hybridized carbons (Fsp3) is 0.500. The summed E-state index contributed by atoms with van der Waals surface area (Å²) in [6.07, 6.45) is 5.75. The minimum absolute atomic E-state index is 0.0952. The van der Waals surface area contributed by atoms with Gasteiger partial charge in [-0.05, 0) is 74.6 Å². The van der Waals surface area contributed by atoms with E-state index in [2.05, 4.69) is 14.8 Å². The summed E-state index contributed by atoms with van der Waals surface area (Å²) in [5.74, 6) is 0.149. The second-order valence-corrected chi connectivity index (χ2v) is 10.5. The number of ether oxygens (including phenoxy) is 1. The molecule has 0 radical (unpaired) electrons. The number of rotatable bonds is 2. The molecule has 2 aliphatic carbocycles. The fourth-order valence-electron chi connectivity index (χ4n) is 4.77. The predicted molar refractivity (Wildman–Crippen MR) is 109 cm³/mol. The Morgan fingerprint density at radius 1 is 1.23 bits per heavy atom. The standard InChI is InChI=1S/C20H24FN5O3S/c1-20(2)10-26-18(29-20)15(9-23-26)30(22,28)25-19(27)24-17-13-7-3-5-11(13)16(21)12-6-4-8-14(12)17/h9H,3-8,10H2,1-2H3,(H3,22,24,25,27,28). The number of carbonyl (C=O) groups excluding carboxylic acids is 1. The lowest BCUT2D eigenvalue weighted by Crippen LogP contribution is -2.27. The molecule has 2 amide bonds. The van der Waals surface area contributed by atoms with Crippen molar-refractivity contribution >= 4 is 21.6 Å². The van der Waals surface area contributed by atoms with Crippen LogP contribution in [0, 0.1) is 5.82 Å². The van der Waals surface area contributed by atoms with E-state index in [-0.39, 0.29) is 16.6 Å². The number of urea groups is 1. The average molecular weight is 434 g/mol. The van der Waals surface area contributed by atoms with Crippen LogP contribution in [0.2, 0.25) is 0 Å². The zero-order chi connectivity index (χ0) is 21.3. The minimum Gasteiger partial charge on any atom is -0.469 e. The number of carbonyl (C=O) groups is 1. The van der Waals surface area contributed by atoms with Gasteiger partial charge in [-0.25, -0.2) is 23.2 Å². The normalized spacial score (nSPS) is 20.1. The first-order valence-corrected chi connectivity index (χ1v) is 11.7. The minimum atomic E-state index is -3.57. The van der Waals surface area contributed by atoms with Crippen molar-refractivity contribution in [2.45, 2.75) is 69.4 Å². The molecule has 3 aliphatic rings. The third-order valence-corrected chi connectivity index (χ3v) is 7.35. The molecule has 5 rings (SSSR count). The van der Waals surface area contributed by atoms with Crippen molar-refractivity contribution < 1.29 is 18.1 Å². The third kappa shape index (κ3) is 3.01. The van der Waals surface area contributed by atoms with Gasteiger partial charge >= 0.3 is 6.03 Å². The molecule has 0 fully saturated rings. The number of amides is 2. The molecule has 1 atom stereocenters. The van der Waals surface area contributed by atoms with Gasteiger partial charge in [-0.2, -0.15) is 5.10 Å². The van der Waals surface area contributed by atoms with Crippen LogP contribution < -0.4 is 15.2 Å². The van der Waals surface area contributed by atoms with E-state index in [1.54, 1.807) is 4.68 Å². The second-order valence-electron chi connectivity index (χ2n) is 8.73. The molecular formula is C20H24FN5O3S. The summed E-state index contributed by atoms with van der Waals surface area (Å²) in [5, 5.41) is 12.9. The maximum atomic E-state index is 14.8. The zero-order valence-electron chi connectivity index (χ0n) is 17.0. The van der Waals surface area contributed by atoms with E-state index in [0.29, 0.717) is 49.0 Å². The van der Waals surface area contributed by atoms with Gasteiger partial charge in [-0.3, -0.25) is 0 Å². The van der Waals surface area contributed by atoms with Gasteiger partial charge in [-0.15, -0.1) is 4.36 Å². The van der Waals surface area contributed by atoms with E-state index in [1.807, 2.05) is 13.8 Å². The number of hydrogen-bond acceptors (Lipinski definition) is 4. The van der Waals surface area contributed by atoms with E-state index in [4.69, 9.17) is 9.88 Å². The number of nitrogens with one attached hydrogen (secondary N) is 1. The van der Waals surface area contributed by atoms with Gasteiger partial charge in [0.25, 0.3) is 0 Å². The Balaban J connectivity index is 1.50. The lowest BCUT2D eigenvalue weighted by atomic mass is 9.98. The van der Waals surface area contributed by atoms with Crippen LogP contribution in [-0.2, 0) is 42.1 Å². The number of nitrogens with zero attached hydrogens (tertiary/aromatic N) is 3. The summed E-state index contributed by atoms with van der Waals surface area (Å²) in [5.41, 5.74) is 3.14. The summed E-state index contributed by atoms with van der Waals surface area (Å²) in [6, 6.07) is -0.811. The molecule has 0 saturated heterocycles. The highest BCUT2D eigenvalue weighted by Crippen LogP contribution is 2.41. The van der Waals surface area contributed by atoms with Crippen LogP contribution in [0.1, 0.15) is 48.9 Å². The van der Waals surface area contributed by atoms with Crippen LogP contribution in [0.15, 0.2) is 15.5 Å². The van der Waals surface area contributed by atoms with Crippen LogP contribution in [0.25, 0.3) is 0 Å². The molecule has 160 valence electrons. The highest BCUT2D eigenvalue weighted by Gasteiger charge is 2.36. The Kier molecular flexibility index (Phi) is 4.24. The molecule has 1 aromatic carbocycles. The van der Waals surface area contributed by atoms with E-state index in [0.717, 1.165) is 24.0 Å². The number of nitrogens with two attached hydrogens (primary N) is 1. The molecule has 1 unspecified atom stereocenters. The largest absolute Gasteiger partial charge is 0.469 e. The summed E-state index contributed by atoms with van der Waals surface area (Å²) in [6.45, 7) is 4.24. The first-order valence-electron chi connectivity index (χ1n) is 10.1. The van der Waals surface area contributed by atoms with Gasteiger partial charge in [0.2, 0.25) is 5.88 Å². The molecular weight excluding hydrogens is 409 g/mol. The quantitative estimate of drug-likeness (QED) is 0.758. The number of hydrogen-bond donors (Lipinski definition) is 2. The Morgan fingerprint density at radius 3 is 2.47 bits per heavy atom. The van der Waals surface area contributed by atoms with Crippen molar-refractivity contribution in [1.82, 2.24) is 9.78 Å². The van der Waals surface area contributed by atoms with Gasteiger partial charge in [0.05, 0.1) is 12.7 Å². The number of halogens is 1. The summed E-state index contributed by atoms with van der Waals surface area (Å²) in [7, 11) is -3.57. The van der Waals surface area contributed by atoms with Crippen LogP contribution in [0.4, 0.5) is 14.9 Å². The Morgan fingerprint density at radius 2 is 1.83 bits per heavy atom. The van der Waals surface area contributed by atoms with Crippen molar-refractivity contribution in [3.63, 3.8) is 0 Å². The van der Waals surface area contributed by atoms with Crippen molar-refractivity contribution in [2.75, 3.05) is 5.32 Å². The SMILES string of the molecule is CC1(C)Cn2ncc(S(N)(=O)=NC(=O)Nc3c4c(c(F)c5c3CCC5)CCC4)c2O1. The Labute approximate surface area is 174 Å². The maximum Gasteiger partial charge on any atom is 0.354 e. The summed E-state index contributed by atoms with van der Waals surface area (Å²) in [4.78, 5) is 12.8. The van der Waals surface area contributed by atoms with Gasteiger partial charge < -0.3 is 10.1 Å². The molecule has 2 heterocycles. The van der Waals surface area contributed by atoms with E-state index < -0.39 is 21.5 Å². The fourth-order valence-corrected chi connectivity index (χ4v) is 5.75. The summed E-state index contributed by atoms with van der Waals surface area (Å²) < 4.78 is 39.0. The second kappa shape index (κ2) is 6.52. The topological polar surface area (TPSA) is 112 Å². The van der Waals surface area contributed by atoms with Crippen LogP contribution in [0.5, 0.6) is 5.88 Å². The van der Waals surface area contributed by atoms with Crippen molar-refractivity contribution in [2.24, 2.45) is 9.50 Å². The lowest BCUT2D eigenvalue weighted by Gasteiger charge is -2.17. The van der Waals surface area contributed by atoms with Gasteiger partial charge in [0.1, 0.15) is 16.3 Å². The molecule has 2 aromatic rings. The summed E-state index contributed by atoms with van der Waals surface area (Å²) >= 11 is 0. The Hall–Kier alpha value is -2.46. The molecule has 8 nitrogen and oxygen atoms in total. The number of benzene rings is 1. The van der Waals surface area contributed by atoms with E-state index in [9.17, 15) is 13.4 Å². The monoisotopic (exact) mass is 433 g/mol. The van der Waals surface area contributed by atoms with E-state index >= 15 is 0 Å². The highest BCUT2D eigenvalue weighted by molar-refractivity contribution is 7.91. The van der Waals surface area contributed by atoms with Gasteiger partial charge in [-0.1, -0.05) is 0 Å². The molecule has 3 N–H and O–H groups in total. The van der Waals surface area contributed by atoms with Crippen molar-refractivity contribution in [1.29, 1.82) is 0 Å². The number of aromatic nitrogens is 2. The van der Waals surface area contributed by atoms with Gasteiger partial charge in [0.15, 0.2) is 9.92 Å². The molecule has 0 spiro atoms. The molecule has 10 heteroatoms. The zero-order valence-corrected chi connectivity index (χ0v) is 17.8. The molecule has 0 saturated carbocycles. The predicted octanol–water partition coefficient (Wildman–Crippen LogP) is 3.10. The lowest BCUT2D eigenvalue weighted by molar-refractivity contribution is 0.132. The molecule has 0 bridgehead atoms. The molecule has 1 aliphatic heterocycles. The van der Waals surface area contributed by atoms with Crippen molar-refractivity contribution in [3.8, 4) is 5.88 Å². The first-order chi connectivity index (χ1) is 14.2. The van der Waals surface area contributed by atoms with E-state index in [1.165, 1.54) is 6.20 Å². The third-order valence-electron chi connectivity index (χ3n) is 6.00. The smallest absolute Gasteiger partial charge is 0.354 e. The number of fused-ring (bicyclic) bond motifs is 3. The molecule has 1 aromatic heterocycles. The van der Waals surface area contributed by atoms with Crippen molar-refractivity contribution in [3.05, 3.63) is 34.3 Å². The van der Waals surface area contributed by atoms with Crippen LogP contribution >= 0.6 is 0 Å².